The lowest BCUT2D eigenvalue weighted by molar-refractivity contribution is -0.137. The van der Waals surface area contributed by atoms with E-state index in [1.54, 1.807) is 4.90 Å². The molecule has 0 saturated carbocycles. The maximum Gasteiger partial charge on any atom is 0.231 e. The highest BCUT2D eigenvalue weighted by atomic mass is 32.2. The number of benzene rings is 1. The van der Waals surface area contributed by atoms with Crippen molar-refractivity contribution >= 4 is 15.9 Å². The van der Waals surface area contributed by atoms with Crippen molar-refractivity contribution in [3.63, 3.8) is 0 Å². The fourth-order valence-electron chi connectivity index (χ4n) is 3.45. The molecule has 0 aromatic heterocycles. The van der Waals surface area contributed by atoms with Gasteiger partial charge in [0.2, 0.25) is 22.7 Å². The van der Waals surface area contributed by atoms with Gasteiger partial charge < -0.3 is 14.4 Å². The van der Waals surface area contributed by atoms with E-state index >= 15 is 0 Å². The second-order valence-corrected chi connectivity index (χ2v) is 8.99. The third-order valence-corrected chi connectivity index (χ3v) is 5.41. The van der Waals surface area contributed by atoms with E-state index < -0.39 is 10.0 Å². The summed E-state index contributed by atoms with van der Waals surface area (Å²) in [5, 5.41) is 0. The molecule has 1 aromatic carbocycles. The van der Waals surface area contributed by atoms with Gasteiger partial charge in [0.1, 0.15) is 0 Å². The second-order valence-electron chi connectivity index (χ2n) is 7.16. The third kappa shape index (κ3) is 4.64. The lowest BCUT2D eigenvalue weighted by Crippen LogP contribution is -2.48. The summed E-state index contributed by atoms with van der Waals surface area (Å²) < 4.78 is 35.6. The zero-order chi connectivity index (χ0) is 18.1. The molecule has 1 atom stereocenters. The fraction of sp³-hybridized carbons (Fsp3) is 0.588. The van der Waals surface area contributed by atoms with E-state index in [-0.39, 0.29) is 24.7 Å². The Kier molecular flexibility index (Phi) is 4.92. The highest BCUT2D eigenvalue weighted by molar-refractivity contribution is 7.88. The lowest BCUT2D eigenvalue weighted by atomic mass is 9.76. The van der Waals surface area contributed by atoms with Crippen LogP contribution in [0.15, 0.2) is 18.2 Å². The maximum absolute atomic E-state index is 12.2. The molecule has 3 rings (SSSR count). The van der Waals surface area contributed by atoms with Gasteiger partial charge in [0.05, 0.1) is 6.26 Å². The molecular weight excluding hydrogens is 344 g/mol. The Bertz CT molecular complexity index is 764. The van der Waals surface area contributed by atoms with Gasteiger partial charge in [-0.3, -0.25) is 4.79 Å². The Hall–Kier alpha value is -1.80. The number of sulfonamides is 1. The number of piperidine rings is 1. The molecule has 0 unspecified atom stereocenters. The maximum atomic E-state index is 12.2. The molecule has 0 aliphatic carbocycles. The fourth-order valence-corrected chi connectivity index (χ4v) is 3.91. The van der Waals surface area contributed by atoms with Crippen LogP contribution in [0.3, 0.4) is 0 Å². The van der Waals surface area contributed by atoms with Gasteiger partial charge in [0.25, 0.3) is 0 Å². The number of rotatable bonds is 6. The van der Waals surface area contributed by atoms with Crippen LogP contribution in [0.25, 0.3) is 0 Å². The van der Waals surface area contributed by atoms with E-state index in [0.29, 0.717) is 19.5 Å². The van der Waals surface area contributed by atoms with Crippen molar-refractivity contribution in [2.24, 2.45) is 5.41 Å². The first-order chi connectivity index (χ1) is 11.7. The summed E-state index contributed by atoms with van der Waals surface area (Å²) in [5.41, 5.74) is 1.10. The summed E-state index contributed by atoms with van der Waals surface area (Å²) in [4.78, 5) is 13.9. The first-order valence-electron chi connectivity index (χ1n) is 8.35. The molecule has 1 aromatic rings. The number of carbonyl (C=O) groups is 1. The Morgan fingerprint density at radius 2 is 2.04 bits per heavy atom. The molecule has 0 radical (unpaired) electrons. The number of carbonyl (C=O) groups excluding carboxylic acids is 1. The van der Waals surface area contributed by atoms with E-state index in [1.807, 2.05) is 18.2 Å². The normalized spacial score (nSPS) is 23.1. The predicted molar refractivity (Wildman–Crippen MR) is 93.0 cm³/mol. The van der Waals surface area contributed by atoms with Crippen LogP contribution >= 0.6 is 0 Å². The van der Waals surface area contributed by atoms with Crippen molar-refractivity contribution in [3.05, 3.63) is 23.8 Å². The standard InChI is InChI=1S/C17H24N2O5S/c1-17(10-13-3-4-14-15(9-13)24-12-23-14)6-5-16(20)19(11-17)8-7-18-25(2,21)22/h3-4,9,18H,5-8,10-12H2,1-2H3/t17-/m0/s1. The minimum Gasteiger partial charge on any atom is -0.454 e. The number of hydrogen-bond acceptors (Lipinski definition) is 5. The average molecular weight is 368 g/mol. The van der Waals surface area contributed by atoms with Crippen molar-refractivity contribution < 1.29 is 22.7 Å². The molecule has 8 heteroatoms. The number of amides is 1. The molecule has 2 heterocycles. The van der Waals surface area contributed by atoms with Crippen molar-refractivity contribution in [2.45, 2.75) is 26.2 Å². The van der Waals surface area contributed by atoms with E-state index in [4.69, 9.17) is 9.47 Å². The minimum atomic E-state index is -3.24. The zero-order valence-corrected chi connectivity index (χ0v) is 15.4. The summed E-state index contributed by atoms with van der Waals surface area (Å²) in [7, 11) is -3.24. The summed E-state index contributed by atoms with van der Waals surface area (Å²) in [6, 6.07) is 5.95. The van der Waals surface area contributed by atoms with Crippen LogP contribution in [-0.4, -0.2) is 51.9 Å². The number of hydrogen-bond donors (Lipinski definition) is 1. The Morgan fingerprint density at radius 3 is 2.80 bits per heavy atom. The molecule has 25 heavy (non-hydrogen) atoms. The zero-order valence-electron chi connectivity index (χ0n) is 14.6. The van der Waals surface area contributed by atoms with Crippen LogP contribution < -0.4 is 14.2 Å². The van der Waals surface area contributed by atoms with Crippen LogP contribution in [0.5, 0.6) is 11.5 Å². The smallest absolute Gasteiger partial charge is 0.231 e. The monoisotopic (exact) mass is 368 g/mol. The van der Waals surface area contributed by atoms with E-state index in [1.165, 1.54) is 0 Å². The Balaban J connectivity index is 1.63. The van der Waals surface area contributed by atoms with Crippen molar-refractivity contribution in [3.8, 4) is 11.5 Å². The van der Waals surface area contributed by atoms with Gasteiger partial charge in [0.15, 0.2) is 11.5 Å². The summed E-state index contributed by atoms with van der Waals surface area (Å²) in [5.74, 6) is 1.61. The summed E-state index contributed by atoms with van der Waals surface area (Å²) >= 11 is 0. The molecule has 2 aliphatic rings. The van der Waals surface area contributed by atoms with Crippen molar-refractivity contribution in [1.29, 1.82) is 0 Å². The molecule has 1 fully saturated rings. The highest BCUT2D eigenvalue weighted by Gasteiger charge is 2.35. The van der Waals surface area contributed by atoms with Gasteiger partial charge in [0, 0.05) is 26.1 Å². The van der Waals surface area contributed by atoms with E-state index in [0.717, 1.165) is 36.2 Å². The molecule has 2 aliphatic heterocycles. The lowest BCUT2D eigenvalue weighted by Gasteiger charge is -2.40. The predicted octanol–water partition coefficient (Wildman–Crippen LogP) is 1.14. The molecule has 0 bridgehead atoms. The quantitative estimate of drug-likeness (QED) is 0.814. The van der Waals surface area contributed by atoms with E-state index in [2.05, 4.69) is 11.6 Å². The third-order valence-electron chi connectivity index (χ3n) is 4.68. The summed E-state index contributed by atoms with van der Waals surface area (Å²) in [6.07, 6.45) is 3.25. The minimum absolute atomic E-state index is 0.0489. The molecule has 1 amide bonds. The number of likely N-dealkylation sites (tertiary alicyclic amines) is 1. The first kappa shape index (κ1) is 18.0. The molecule has 1 N–H and O–H groups in total. The van der Waals surface area contributed by atoms with Crippen LogP contribution in [0.2, 0.25) is 0 Å². The SMILES string of the molecule is C[C@@]1(Cc2ccc3c(c2)OCO3)CCC(=O)N(CCNS(C)(=O)=O)C1. The molecule has 1 saturated heterocycles. The van der Waals surface area contributed by atoms with Crippen LogP contribution in [0.4, 0.5) is 0 Å². The van der Waals surface area contributed by atoms with Gasteiger partial charge in [-0.15, -0.1) is 0 Å². The summed E-state index contributed by atoms with van der Waals surface area (Å²) in [6.45, 7) is 3.67. The Morgan fingerprint density at radius 1 is 1.28 bits per heavy atom. The molecular formula is C17H24N2O5S. The number of ether oxygens (including phenoxy) is 2. The number of nitrogens with one attached hydrogen (secondary N) is 1. The van der Waals surface area contributed by atoms with Gasteiger partial charge in [-0.25, -0.2) is 13.1 Å². The van der Waals surface area contributed by atoms with Crippen molar-refractivity contribution in [2.75, 3.05) is 32.7 Å². The van der Waals surface area contributed by atoms with Crippen LogP contribution in [-0.2, 0) is 21.2 Å². The number of fused-ring (bicyclic) bond motifs is 1. The number of nitrogens with zero attached hydrogens (tertiary/aromatic N) is 1. The molecule has 0 spiro atoms. The highest BCUT2D eigenvalue weighted by Crippen LogP contribution is 2.37. The second kappa shape index (κ2) is 6.84. The van der Waals surface area contributed by atoms with E-state index in [9.17, 15) is 13.2 Å². The van der Waals surface area contributed by atoms with Gasteiger partial charge in [-0.2, -0.15) is 0 Å². The molecule has 7 nitrogen and oxygen atoms in total. The Labute approximate surface area is 148 Å². The molecule has 138 valence electrons. The van der Waals surface area contributed by atoms with Gasteiger partial charge >= 0.3 is 0 Å². The topological polar surface area (TPSA) is 84.9 Å². The van der Waals surface area contributed by atoms with Crippen LogP contribution in [0.1, 0.15) is 25.3 Å². The average Bonchev–Trinajstić information content (AvgIpc) is 2.97. The largest absolute Gasteiger partial charge is 0.454 e. The van der Waals surface area contributed by atoms with Crippen LogP contribution in [0, 0.1) is 5.41 Å². The van der Waals surface area contributed by atoms with Gasteiger partial charge in [-0.1, -0.05) is 13.0 Å². The van der Waals surface area contributed by atoms with Gasteiger partial charge in [-0.05, 0) is 36.0 Å². The van der Waals surface area contributed by atoms with Crippen molar-refractivity contribution in [1.82, 2.24) is 9.62 Å². The first-order valence-corrected chi connectivity index (χ1v) is 10.2.